The van der Waals surface area contributed by atoms with Crippen molar-refractivity contribution in [3.8, 4) is 0 Å². The first-order valence-corrected chi connectivity index (χ1v) is 14.8. The number of carbonyl (C=O) groups is 1. The summed E-state index contributed by atoms with van der Waals surface area (Å²) >= 11 is 0. The maximum Gasteiger partial charge on any atom is 0.354 e. The summed E-state index contributed by atoms with van der Waals surface area (Å²) in [6.45, 7) is -0.289. The Balaban J connectivity index is 1.49. The summed E-state index contributed by atoms with van der Waals surface area (Å²) in [6.07, 6.45) is 7.17. The first-order chi connectivity index (χ1) is 22.2. The average molecular weight is 583 g/mol. The Morgan fingerprint density at radius 2 is 1.02 bits per heavy atom. The molecule has 6 rings (SSSR count). The van der Waals surface area contributed by atoms with Gasteiger partial charge in [-0.2, -0.15) is 0 Å². The van der Waals surface area contributed by atoms with Gasteiger partial charge in [0.25, 0.3) is 6.71 Å². The topological polar surface area (TPSA) is 58.9 Å². The zero-order valence-electron chi connectivity index (χ0n) is 24.5. The SMILES string of the molecule is O=C(O)C(=CC=C1C=C(c2ccccc2)OC(c2ccccc2)=C1)N=C(B(c1ccccc1)c1ccccc1)c1ccccc1. The highest BCUT2D eigenvalue weighted by atomic mass is 16.5. The third-order valence-electron chi connectivity index (χ3n) is 7.43. The number of benzene rings is 5. The van der Waals surface area contributed by atoms with Crippen LogP contribution in [0.1, 0.15) is 16.7 Å². The lowest BCUT2D eigenvalue weighted by atomic mass is 9.36. The third kappa shape index (κ3) is 7.18. The highest BCUT2D eigenvalue weighted by Gasteiger charge is 2.27. The van der Waals surface area contributed by atoms with Gasteiger partial charge in [-0.3, -0.25) is 4.99 Å². The van der Waals surface area contributed by atoms with Gasteiger partial charge >= 0.3 is 5.97 Å². The number of aliphatic carboxylic acids is 1. The molecule has 0 spiro atoms. The van der Waals surface area contributed by atoms with Crippen LogP contribution in [0.15, 0.2) is 192 Å². The average Bonchev–Trinajstić information content (AvgIpc) is 3.11. The van der Waals surface area contributed by atoms with Gasteiger partial charge in [-0.1, -0.05) is 169 Å². The predicted octanol–water partition coefficient (Wildman–Crippen LogP) is 7.33. The molecule has 4 nitrogen and oxygen atoms in total. The first-order valence-electron chi connectivity index (χ1n) is 14.8. The molecule has 1 N–H and O–H groups in total. The Morgan fingerprint density at radius 1 is 0.600 bits per heavy atom. The number of hydrogen-bond donors (Lipinski definition) is 1. The summed E-state index contributed by atoms with van der Waals surface area (Å²) in [6, 6.07) is 49.6. The van der Waals surface area contributed by atoms with Crippen LogP contribution in [0.3, 0.4) is 0 Å². The summed E-state index contributed by atoms with van der Waals surface area (Å²) < 4.78 is 6.31. The number of allylic oxidation sites excluding steroid dienone is 5. The number of rotatable bonds is 9. The molecule has 0 aromatic heterocycles. The van der Waals surface area contributed by atoms with E-state index in [0.717, 1.165) is 33.2 Å². The molecule has 0 saturated carbocycles. The maximum absolute atomic E-state index is 12.7. The van der Waals surface area contributed by atoms with Crippen LogP contribution in [-0.2, 0) is 9.53 Å². The molecule has 1 aliphatic heterocycles. The van der Waals surface area contributed by atoms with Crippen molar-refractivity contribution in [1.82, 2.24) is 0 Å². The minimum atomic E-state index is -1.12. The Labute approximate surface area is 263 Å². The van der Waals surface area contributed by atoms with E-state index >= 15 is 0 Å². The Bertz CT molecular complexity index is 1820. The minimum absolute atomic E-state index is 0.0750. The van der Waals surface area contributed by atoms with Gasteiger partial charge in [-0.15, -0.1) is 0 Å². The van der Waals surface area contributed by atoms with E-state index in [9.17, 15) is 9.90 Å². The number of aliphatic imine (C=N–C) groups is 1. The van der Waals surface area contributed by atoms with Crippen molar-refractivity contribution in [2.45, 2.75) is 0 Å². The highest BCUT2D eigenvalue weighted by molar-refractivity contribution is 7.10. The highest BCUT2D eigenvalue weighted by Crippen LogP contribution is 2.32. The lowest BCUT2D eigenvalue weighted by Gasteiger charge is -2.19. The van der Waals surface area contributed by atoms with Gasteiger partial charge in [0.15, 0.2) is 0 Å². The summed E-state index contributed by atoms with van der Waals surface area (Å²) in [5.41, 5.74) is 6.09. The van der Waals surface area contributed by atoms with Crippen molar-refractivity contribution in [1.29, 1.82) is 0 Å². The third-order valence-corrected chi connectivity index (χ3v) is 7.43. The summed E-state index contributed by atoms with van der Waals surface area (Å²) in [4.78, 5) is 17.6. The van der Waals surface area contributed by atoms with E-state index in [1.165, 1.54) is 0 Å². The molecule has 0 radical (unpaired) electrons. The fourth-order valence-electron chi connectivity index (χ4n) is 5.27. The van der Waals surface area contributed by atoms with E-state index in [0.29, 0.717) is 17.1 Å². The molecule has 5 aromatic rings. The van der Waals surface area contributed by atoms with Gasteiger partial charge in [-0.05, 0) is 29.4 Å². The fraction of sp³-hybridized carbons (Fsp3) is 0. The normalized spacial score (nSPS) is 13.3. The second-order valence-corrected chi connectivity index (χ2v) is 10.5. The summed E-state index contributed by atoms with van der Waals surface area (Å²) in [5, 5.41) is 10.4. The van der Waals surface area contributed by atoms with Crippen LogP contribution in [-0.4, -0.2) is 23.4 Å². The van der Waals surface area contributed by atoms with Crippen LogP contribution in [0, 0.1) is 0 Å². The fourth-order valence-corrected chi connectivity index (χ4v) is 5.27. The van der Waals surface area contributed by atoms with Crippen LogP contribution in [0.4, 0.5) is 0 Å². The molecule has 0 saturated heterocycles. The van der Waals surface area contributed by atoms with E-state index in [1.807, 2.05) is 140 Å². The monoisotopic (exact) mass is 583 g/mol. The van der Waals surface area contributed by atoms with Crippen molar-refractivity contribution in [3.63, 3.8) is 0 Å². The zero-order chi connectivity index (χ0) is 30.8. The smallest absolute Gasteiger partial charge is 0.354 e. The van der Waals surface area contributed by atoms with Crippen molar-refractivity contribution >= 4 is 40.7 Å². The van der Waals surface area contributed by atoms with Crippen LogP contribution in [0.5, 0.6) is 0 Å². The quantitative estimate of drug-likeness (QED) is 0.112. The number of carboxylic acid groups (broad SMARTS) is 1. The van der Waals surface area contributed by atoms with Crippen LogP contribution in [0.25, 0.3) is 11.5 Å². The van der Waals surface area contributed by atoms with Crippen LogP contribution >= 0.6 is 0 Å². The second-order valence-electron chi connectivity index (χ2n) is 10.5. The Kier molecular flexibility index (Phi) is 9.08. The van der Waals surface area contributed by atoms with Crippen molar-refractivity contribution in [2.24, 2.45) is 4.99 Å². The summed E-state index contributed by atoms with van der Waals surface area (Å²) in [7, 11) is 0. The van der Waals surface area contributed by atoms with Gasteiger partial charge in [0.05, 0.1) is 0 Å². The van der Waals surface area contributed by atoms with Gasteiger partial charge in [0, 0.05) is 16.7 Å². The van der Waals surface area contributed by atoms with E-state index in [4.69, 9.17) is 9.73 Å². The molecule has 216 valence electrons. The molecule has 1 heterocycles. The van der Waals surface area contributed by atoms with E-state index in [2.05, 4.69) is 24.3 Å². The van der Waals surface area contributed by atoms with Gasteiger partial charge in [-0.25, -0.2) is 4.79 Å². The van der Waals surface area contributed by atoms with Gasteiger partial charge < -0.3 is 9.84 Å². The molecular formula is C40H30BNO3. The van der Waals surface area contributed by atoms with E-state index in [-0.39, 0.29) is 12.4 Å². The Morgan fingerprint density at radius 3 is 1.47 bits per heavy atom. The molecular weight excluding hydrogens is 553 g/mol. The predicted molar refractivity (Wildman–Crippen MR) is 185 cm³/mol. The molecule has 45 heavy (non-hydrogen) atoms. The number of carboxylic acids is 1. The maximum atomic E-state index is 12.7. The minimum Gasteiger partial charge on any atom is -0.477 e. The lowest BCUT2D eigenvalue weighted by molar-refractivity contribution is -0.132. The Hall–Kier alpha value is -5.94. The van der Waals surface area contributed by atoms with Crippen LogP contribution in [0.2, 0.25) is 0 Å². The first kappa shape index (κ1) is 29.2. The number of ether oxygens (including phenoxy) is 1. The molecule has 0 bridgehead atoms. The van der Waals surface area contributed by atoms with E-state index in [1.54, 1.807) is 12.2 Å². The second kappa shape index (κ2) is 14.0. The van der Waals surface area contributed by atoms with Crippen molar-refractivity contribution in [2.75, 3.05) is 0 Å². The van der Waals surface area contributed by atoms with Gasteiger partial charge in [0.2, 0.25) is 0 Å². The standard InChI is InChI=1S/C40H30BNO3/c43-40(44)36(27-26-30-28-37(31-16-6-1-7-17-31)45-38(29-30)32-18-8-2-9-19-32)42-39(33-20-10-3-11-21-33)41(34-22-12-4-13-23-34)35-24-14-5-15-25-35/h1-29H,(H,43,44). The number of nitrogens with zero attached hydrogens (tertiary/aromatic N) is 1. The zero-order valence-corrected chi connectivity index (χ0v) is 24.5. The largest absolute Gasteiger partial charge is 0.477 e. The summed E-state index contributed by atoms with van der Waals surface area (Å²) in [5.74, 6) is 0.233. The van der Waals surface area contributed by atoms with Crippen LogP contribution < -0.4 is 10.9 Å². The molecule has 0 unspecified atom stereocenters. The number of hydrogen-bond acceptors (Lipinski definition) is 3. The molecule has 0 amide bonds. The van der Waals surface area contributed by atoms with Crippen molar-refractivity contribution in [3.05, 3.63) is 204 Å². The molecule has 5 aromatic carbocycles. The molecule has 0 atom stereocenters. The molecule has 0 fully saturated rings. The van der Waals surface area contributed by atoms with Gasteiger partial charge in [0.1, 0.15) is 17.2 Å². The van der Waals surface area contributed by atoms with Crippen molar-refractivity contribution < 1.29 is 14.6 Å². The molecule has 5 heteroatoms. The molecule has 0 aliphatic carbocycles. The lowest BCUT2D eigenvalue weighted by Crippen LogP contribution is -2.49. The van der Waals surface area contributed by atoms with E-state index < -0.39 is 5.97 Å². The molecule has 1 aliphatic rings.